The predicted octanol–water partition coefficient (Wildman–Crippen LogP) is 2.96. The van der Waals surface area contributed by atoms with Crippen molar-refractivity contribution in [3.8, 4) is 0 Å². The first-order chi connectivity index (χ1) is 14.2. The topological polar surface area (TPSA) is 87.3 Å². The minimum Gasteiger partial charge on any atom is -0.348 e. The molecule has 6 nitrogen and oxygen atoms in total. The van der Waals surface area contributed by atoms with E-state index >= 15 is 0 Å². The summed E-state index contributed by atoms with van der Waals surface area (Å²) in [7, 11) is 0. The molecule has 3 amide bonds. The molecule has 0 unspecified atom stereocenters. The van der Waals surface area contributed by atoms with Crippen molar-refractivity contribution in [1.29, 1.82) is 0 Å². The predicted molar refractivity (Wildman–Crippen MR) is 106 cm³/mol. The highest BCUT2D eigenvalue weighted by Crippen LogP contribution is 2.15. The molecule has 3 N–H and O–H groups in total. The van der Waals surface area contributed by atoms with Crippen molar-refractivity contribution in [2.24, 2.45) is 0 Å². The van der Waals surface area contributed by atoms with Crippen LogP contribution in [-0.2, 0) is 22.6 Å². The Morgan fingerprint density at radius 2 is 1.57 bits per heavy atom. The van der Waals surface area contributed by atoms with E-state index in [1.807, 2.05) is 0 Å². The number of hydrogen-bond acceptors (Lipinski definition) is 3. The minimum absolute atomic E-state index is 0.0422. The zero-order valence-corrected chi connectivity index (χ0v) is 15.9. The molecule has 0 aliphatic carbocycles. The van der Waals surface area contributed by atoms with Crippen LogP contribution in [0.2, 0.25) is 0 Å². The van der Waals surface area contributed by atoms with Crippen LogP contribution in [0.4, 0.5) is 18.9 Å². The SMILES string of the molecule is C=CC(=O)NCc1ccccc1CC(=O)Nc1ccc(C(=O)NCC(F)(F)F)cc1. The summed E-state index contributed by atoms with van der Waals surface area (Å²) in [6.45, 7) is 2.20. The van der Waals surface area contributed by atoms with E-state index in [-0.39, 0.29) is 30.3 Å². The van der Waals surface area contributed by atoms with Crippen LogP contribution in [-0.4, -0.2) is 30.4 Å². The van der Waals surface area contributed by atoms with E-state index in [4.69, 9.17) is 0 Å². The summed E-state index contributed by atoms with van der Waals surface area (Å²) in [6, 6.07) is 12.6. The van der Waals surface area contributed by atoms with Gasteiger partial charge in [0.2, 0.25) is 11.8 Å². The number of benzene rings is 2. The summed E-state index contributed by atoms with van der Waals surface area (Å²) in [5, 5.41) is 7.09. The fraction of sp³-hybridized carbons (Fsp3) is 0.190. The van der Waals surface area contributed by atoms with Crippen molar-refractivity contribution >= 4 is 23.4 Å². The zero-order chi connectivity index (χ0) is 22.1. The first kappa shape index (κ1) is 22.7. The average Bonchev–Trinajstić information content (AvgIpc) is 2.71. The summed E-state index contributed by atoms with van der Waals surface area (Å²) in [5.41, 5.74) is 1.94. The van der Waals surface area contributed by atoms with Gasteiger partial charge in [0.05, 0.1) is 6.42 Å². The lowest BCUT2D eigenvalue weighted by molar-refractivity contribution is -0.123. The van der Waals surface area contributed by atoms with Gasteiger partial charge in [-0.05, 0) is 41.5 Å². The highest BCUT2D eigenvalue weighted by Gasteiger charge is 2.27. The van der Waals surface area contributed by atoms with Gasteiger partial charge in [0.15, 0.2) is 0 Å². The molecule has 0 aromatic heterocycles. The van der Waals surface area contributed by atoms with Crippen molar-refractivity contribution in [3.05, 3.63) is 77.9 Å². The summed E-state index contributed by atoms with van der Waals surface area (Å²) in [4.78, 5) is 35.4. The van der Waals surface area contributed by atoms with Gasteiger partial charge in [-0.3, -0.25) is 14.4 Å². The second kappa shape index (κ2) is 10.2. The number of rotatable bonds is 8. The zero-order valence-electron chi connectivity index (χ0n) is 15.9. The molecular weight excluding hydrogens is 399 g/mol. The standard InChI is InChI=1S/C21H20F3N3O3/c1-2-18(28)25-12-16-6-4-3-5-15(16)11-19(29)27-17-9-7-14(8-10-17)20(30)26-13-21(22,23)24/h2-10H,1,11-13H2,(H,25,28)(H,26,30)(H,27,29). The fourth-order valence-electron chi connectivity index (χ4n) is 2.52. The Bertz CT molecular complexity index is 925. The van der Waals surface area contributed by atoms with Gasteiger partial charge in [0.1, 0.15) is 6.54 Å². The Kier molecular flexibility index (Phi) is 7.74. The molecule has 158 valence electrons. The molecule has 2 aromatic rings. The van der Waals surface area contributed by atoms with Gasteiger partial charge >= 0.3 is 6.18 Å². The maximum absolute atomic E-state index is 12.3. The normalized spacial score (nSPS) is 10.8. The van der Waals surface area contributed by atoms with Gasteiger partial charge in [0, 0.05) is 17.8 Å². The second-order valence-electron chi connectivity index (χ2n) is 6.29. The average molecular weight is 419 g/mol. The summed E-state index contributed by atoms with van der Waals surface area (Å²) in [5.74, 6) is -1.51. The van der Waals surface area contributed by atoms with Gasteiger partial charge in [-0.1, -0.05) is 30.8 Å². The lowest BCUT2D eigenvalue weighted by Gasteiger charge is -2.11. The van der Waals surface area contributed by atoms with Crippen molar-refractivity contribution in [1.82, 2.24) is 10.6 Å². The Labute approximate surface area is 171 Å². The molecule has 9 heteroatoms. The molecule has 2 aromatic carbocycles. The molecule has 30 heavy (non-hydrogen) atoms. The number of amides is 3. The molecule has 0 aliphatic heterocycles. The van der Waals surface area contributed by atoms with Crippen LogP contribution >= 0.6 is 0 Å². The van der Waals surface area contributed by atoms with E-state index in [0.717, 1.165) is 17.2 Å². The Morgan fingerprint density at radius 1 is 0.933 bits per heavy atom. The van der Waals surface area contributed by atoms with Gasteiger partial charge in [-0.15, -0.1) is 0 Å². The van der Waals surface area contributed by atoms with E-state index in [1.54, 1.807) is 29.6 Å². The van der Waals surface area contributed by atoms with Gasteiger partial charge < -0.3 is 16.0 Å². The lowest BCUT2D eigenvalue weighted by atomic mass is 10.0. The number of alkyl halides is 3. The molecule has 0 saturated heterocycles. The van der Waals surface area contributed by atoms with Crippen LogP contribution in [0, 0.1) is 0 Å². The molecule has 0 spiro atoms. The summed E-state index contributed by atoms with van der Waals surface area (Å²) < 4.78 is 36.5. The summed E-state index contributed by atoms with van der Waals surface area (Å²) >= 11 is 0. The maximum atomic E-state index is 12.3. The Balaban J connectivity index is 1.95. The summed E-state index contributed by atoms with van der Waals surface area (Å²) in [6.07, 6.45) is -3.29. The highest BCUT2D eigenvalue weighted by atomic mass is 19.4. The monoisotopic (exact) mass is 419 g/mol. The van der Waals surface area contributed by atoms with Crippen LogP contribution in [0.15, 0.2) is 61.2 Å². The molecule has 0 heterocycles. The van der Waals surface area contributed by atoms with Crippen LogP contribution in [0.5, 0.6) is 0 Å². The number of carbonyl (C=O) groups excluding carboxylic acids is 3. The molecule has 0 radical (unpaired) electrons. The van der Waals surface area contributed by atoms with Crippen LogP contribution in [0.1, 0.15) is 21.5 Å². The molecule has 0 fully saturated rings. The fourth-order valence-corrected chi connectivity index (χ4v) is 2.52. The maximum Gasteiger partial charge on any atom is 0.405 e. The molecule has 0 atom stereocenters. The van der Waals surface area contributed by atoms with E-state index in [9.17, 15) is 27.6 Å². The number of halogens is 3. The van der Waals surface area contributed by atoms with E-state index in [0.29, 0.717) is 5.69 Å². The molecular formula is C21H20F3N3O3. The number of hydrogen-bond donors (Lipinski definition) is 3. The van der Waals surface area contributed by atoms with E-state index in [2.05, 4.69) is 17.2 Å². The third-order valence-corrected chi connectivity index (χ3v) is 3.99. The molecule has 2 rings (SSSR count). The quantitative estimate of drug-likeness (QED) is 0.575. The second-order valence-corrected chi connectivity index (χ2v) is 6.29. The third kappa shape index (κ3) is 7.42. The lowest BCUT2D eigenvalue weighted by Crippen LogP contribution is -2.33. The van der Waals surface area contributed by atoms with E-state index in [1.165, 1.54) is 24.3 Å². The van der Waals surface area contributed by atoms with Crippen molar-refractivity contribution in [2.45, 2.75) is 19.1 Å². The van der Waals surface area contributed by atoms with Crippen LogP contribution in [0.3, 0.4) is 0 Å². The van der Waals surface area contributed by atoms with Crippen molar-refractivity contribution in [3.63, 3.8) is 0 Å². The smallest absolute Gasteiger partial charge is 0.348 e. The van der Waals surface area contributed by atoms with Crippen molar-refractivity contribution in [2.75, 3.05) is 11.9 Å². The molecule has 0 saturated carbocycles. The van der Waals surface area contributed by atoms with Gasteiger partial charge in [-0.2, -0.15) is 13.2 Å². The van der Waals surface area contributed by atoms with Crippen molar-refractivity contribution < 1.29 is 27.6 Å². The number of carbonyl (C=O) groups is 3. The van der Waals surface area contributed by atoms with Crippen LogP contribution in [0.25, 0.3) is 0 Å². The van der Waals surface area contributed by atoms with E-state index < -0.39 is 18.6 Å². The largest absolute Gasteiger partial charge is 0.405 e. The number of nitrogens with one attached hydrogen (secondary N) is 3. The first-order valence-corrected chi connectivity index (χ1v) is 8.90. The Morgan fingerprint density at radius 3 is 2.17 bits per heavy atom. The number of anilines is 1. The molecule has 0 aliphatic rings. The third-order valence-electron chi connectivity index (χ3n) is 3.99. The highest BCUT2D eigenvalue weighted by molar-refractivity contribution is 5.96. The van der Waals surface area contributed by atoms with Crippen LogP contribution < -0.4 is 16.0 Å². The van der Waals surface area contributed by atoms with Gasteiger partial charge in [-0.25, -0.2) is 0 Å². The van der Waals surface area contributed by atoms with Gasteiger partial charge in [0.25, 0.3) is 5.91 Å². The molecule has 0 bridgehead atoms. The Hall–Kier alpha value is -3.62. The minimum atomic E-state index is -4.49. The first-order valence-electron chi connectivity index (χ1n) is 8.90.